The van der Waals surface area contributed by atoms with E-state index in [0.29, 0.717) is 17.1 Å². The molecule has 174 valence electrons. The molecule has 3 rings (SSSR count). The summed E-state index contributed by atoms with van der Waals surface area (Å²) in [5, 5.41) is 6.01. The smallest absolute Gasteiger partial charge is 0.288 e. The van der Waals surface area contributed by atoms with E-state index in [1.165, 1.54) is 6.20 Å². The highest BCUT2D eigenvalue weighted by molar-refractivity contribution is 5.95. The lowest BCUT2D eigenvalue weighted by Crippen LogP contribution is -2.33. The van der Waals surface area contributed by atoms with Gasteiger partial charge >= 0.3 is 0 Å². The van der Waals surface area contributed by atoms with Gasteiger partial charge in [0.05, 0.1) is 11.9 Å². The van der Waals surface area contributed by atoms with Gasteiger partial charge in [0.15, 0.2) is 0 Å². The van der Waals surface area contributed by atoms with Gasteiger partial charge in [0, 0.05) is 35.0 Å². The Morgan fingerprint density at radius 3 is 2.15 bits per heavy atom. The third-order valence-corrected chi connectivity index (χ3v) is 5.80. The second kappa shape index (κ2) is 11.4. The van der Waals surface area contributed by atoms with Crippen molar-refractivity contribution in [1.29, 1.82) is 0 Å². The number of nitrogens with zero attached hydrogens (tertiary/aromatic N) is 2. The zero-order chi connectivity index (χ0) is 23.8. The van der Waals surface area contributed by atoms with Gasteiger partial charge < -0.3 is 15.1 Å². The highest BCUT2D eigenvalue weighted by Crippen LogP contribution is 2.26. The number of carbonyl (C=O) groups is 2. The van der Waals surface area contributed by atoms with Crippen molar-refractivity contribution in [2.24, 2.45) is 0 Å². The zero-order valence-corrected chi connectivity index (χ0v) is 19.7. The van der Waals surface area contributed by atoms with Crippen molar-refractivity contribution in [1.82, 2.24) is 20.6 Å². The second-order valence-electron chi connectivity index (χ2n) is 8.01. The maximum absolute atomic E-state index is 12.6. The number of aromatic nitrogens is 2. The Bertz CT molecular complexity index is 1080. The molecule has 0 saturated heterocycles. The molecule has 0 spiro atoms. The average molecular weight is 449 g/mol. The predicted octanol–water partition coefficient (Wildman–Crippen LogP) is 5.24. The summed E-state index contributed by atoms with van der Waals surface area (Å²) in [6.07, 6.45) is 6.56. The molecule has 1 aromatic carbocycles. The molecule has 2 N–H and O–H groups in total. The molecule has 0 aliphatic rings. The average Bonchev–Trinajstić information content (AvgIpc) is 3.36. The summed E-state index contributed by atoms with van der Waals surface area (Å²) < 4.78 is 5.73. The first-order valence-corrected chi connectivity index (χ1v) is 11.6. The Morgan fingerprint density at radius 2 is 1.48 bits per heavy atom. The largest absolute Gasteiger partial charge is 0.431 e. The van der Waals surface area contributed by atoms with Crippen LogP contribution in [0.2, 0.25) is 0 Å². The van der Waals surface area contributed by atoms with Crippen molar-refractivity contribution in [3.8, 4) is 22.7 Å². The van der Waals surface area contributed by atoms with Gasteiger partial charge in [0.25, 0.3) is 11.8 Å². The molecule has 0 atom stereocenters. The van der Waals surface area contributed by atoms with Crippen LogP contribution >= 0.6 is 0 Å². The number of benzene rings is 1. The number of pyridine rings is 1. The van der Waals surface area contributed by atoms with Crippen LogP contribution in [0, 0.1) is 0 Å². The van der Waals surface area contributed by atoms with E-state index in [1.807, 2.05) is 38.1 Å². The molecule has 0 unspecified atom stereocenters. The first-order valence-electron chi connectivity index (χ1n) is 11.6. The molecule has 0 bridgehead atoms. The highest BCUT2D eigenvalue weighted by atomic mass is 16.4. The van der Waals surface area contributed by atoms with Crippen LogP contribution < -0.4 is 10.6 Å². The molecule has 33 heavy (non-hydrogen) atoms. The summed E-state index contributed by atoms with van der Waals surface area (Å²) in [6, 6.07) is 11.3. The number of carbonyl (C=O) groups excluding carboxylic acids is 2. The summed E-state index contributed by atoms with van der Waals surface area (Å²) in [4.78, 5) is 33.8. The van der Waals surface area contributed by atoms with E-state index >= 15 is 0 Å². The Labute approximate surface area is 195 Å². The normalized spacial score (nSPS) is 11.1. The topological polar surface area (TPSA) is 97.1 Å². The van der Waals surface area contributed by atoms with E-state index in [1.54, 1.807) is 18.3 Å². The minimum absolute atomic E-state index is 0.106. The maximum Gasteiger partial charge on any atom is 0.288 e. The number of hydrogen-bond donors (Lipinski definition) is 2. The first-order chi connectivity index (χ1) is 16.0. The third-order valence-electron chi connectivity index (χ3n) is 5.80. The van der Waals surface area contributed by atoms with Crippen LogP contribution in [-0.2, 0) is 0 Å². The van der Waals surface area contributed by atoms with Gasteiger partial charge in [-0.25, -0.2) is 4.98 Å². The van der Waals surface area contributed by atoms with Crippen molar-refractivity contribution in [3.63, 3.8) is 0 Å². The van der Waals surface area contributed by atoms with E-state index in [2.05, 4.69) is 34.4 Å². The van der Waals surface area contributed by atoms with Gasteiger partial charge in [-0.2, -0.15) is 0 Å². The van der Waals surface area contributed by atoms with Gasteiger partial charge in [0.2, 0.25) is 11.7 Å². The van der Waals surface area contributed by atoms with Gasteiger partial charge in [-0.05, 0) is 49.9 Å². The summed E-state index contributed by atoms with van der Waals surface area (Å²) >= 11 is 0. The fourth-order valence-electron chi connectivity index (χ4n) is 3.56. The molecule has 0 radical (unpaired) electrons. The highest BCUT2D eigenvalue weighted by Gasteiger charge is 2.17. The van der Waals surface area contributed by atoms with Crippen LogP contribution in [0.25, 0.3) is 22.7 Å². The van der Waals surface area contributed by atoms with Crippen LogP contribution in [0.1, 0.15) is 74.3 Å². The van der Waals surface area contributed by atoms with Gasteiger partial charge in [0.1, 0.15) is 0 Å². The van der Waals surface area contributed by atoms with E-state index in [9.17, 15) is 9.59 Å². The molecular weight excluding hydrogens is 416 g/mol. The number of rotatable bonds is 10. The third kappa shape index (κ3) is 6.06. The van der Waals surface area contributed by atoms with Crippen molar-refractivity contribution in [2.45, 2.75) is 65.5 Å². The lowest BCUT2D eigenvalue weighted by Gasteiger charge is -2.15. The molecule has 7 heteroatoms. The Morgan fingerprint density at radius 1 is 0.848 bits per heavy atom. The predicted molar refractivity (Wildman–Crippen MR) is 129 cm³/mol. The van der Waals surface area contributed by atoms with E-state index in [4.69, 9.17) is 4.42 Å². The second-order valence-corrected chi connectivity index (χ2v) is 8.01. The van der Waals surface area contributed by atoms with Crippen molar-refractivity contribution < 1.29 is 14.0 Å². The van der Waals surface area contributed by atoms with Gasteiger partial charge in [-0.1, -0.05) is 39.8 Å². The van der Waals surface area contributed by atoms with E-state index < -0.39 is 0 Å². The molecule has 0 saturated carbocycles. The fourth-order valence-corrected chi connectivity index (χ4v) is 3.56. The molecule has 0 fully saturated rings. The lowest BCUT2D eigenvalue weighted by atomic mass is 10.1. The molecule has 7 nitrogen and oxygen atoms in total. The Hall–Kier alpha value is -3.48. The molecule has 2 aromatic heterocycles. The van der Waals surface area contributed by atoms with Crippen molar-refractivity contribution in [3.05, 3.63) is 60.1 Å². The minimum Gasteiger partial charge on any atom is -0.431 e. The zero-order valence-electron chi connectivity index (χ0n) is 19.7. The van der Waals surface area contributed by atoms with Crippen LogP contribution in [0.15, 0.2) is 53.2 Å². The van der Waals surface area contributed by atoms with E-state index in [-0.39, 0.29) is 29.7 Å². The van der Waals surface area contributed by atoms with Gasteiger partial charge in [-0.15, -0.1) is 0 Å². The standard InChI is InChI=1S/C26H32N4O3/c1-5-20(6-2)29-24(31)18-12-13-27-22(15-18)17-10-9-11-19(14-17)26-28-16-23(33-26)25(32)30-21(7-3)8-4/h9-16,20-21H,5-8H2,1-4H3,(H,29,31)(H,30,32). The summed E-state index contributed by atoms with van der Waals surface area (Å²) in [5.74, 6) is 0.162. The van der Waals surface area contributed by atoms with Crippen molar-refractivity contribution in [2.75, 3.05) is 0 Å². The molecule has 0 aliphatic heterocycles. The SMILES string of the molecule is CCC(CC)NC(=O)c1ccnc(-c2cccc(-c3ncc(C(=O)NC(CC)CC)o3)c2)c1. The number of amides is 2. The Kier molecular flexibility index (Phi) is 8.35. The monoisotopic (exact) mass is 448 g/mol. The van der Waals surface area contributed by atoms with E-state index in [0.717, 1.165) is 36.8 Å². The minimum atomic E-state index is -0.267. The fraction of sp³-hybridized carbons (Fsp3) is 0.385. The number of hydrogen-bond acceptors (Lipinski definition) is 5. The molecule has 0 aliphatic carbocycles. The molecular formula is C26H32N4O3. The van der Waals surface area contributed by atoms with Crippen LogP contribution in [0.3, 0.4) is 0 Å². The summed E-state index contributed by atoms with van der Waals surface area (Å²) in [7, 11) is 0. The number of nitrogens with one attached hydrogen (secondary N) is 2. The quantitative estimate of drug-likeness (QED) is 0.442. The first kappa shape index (κ1) is 24.2. The number of oxazole rings is 1. The molecule has 2 amide bonds. The summed E-state index contributed by atoms with van der Waals surface area (Å²) in [6.45, 7) is 8.18. The van der Waals surface area contributed by atoms with Gasteiger partial charge in [-0.3, -0.25) is 14.6 Å². The van der Waals surface area contributed by atoms with Crippen LogP contribution in [0.4, 0.5) is 0 Å². The van der Waals surface area contributed by atoms with Crippen molar-refractivity contribution >= 4 is 11.8 Å². The van der Waals surface area contributed by atoms with Crippen LogP contribution in [-0.4, -0.2) is 33.9 Å². The van der Waals surface area contributed by atoms with Crippen LogP contribution in [0.5, 0.6) is 0 Å². The maximum atomic E-state index is 12.6. The lowest BCUT2D eigenvalue weighted by molar-refractivity contribution is 0.0905. The molecule has 2 heterocycles. The molecule has 3 aromatic rings. The Balaban J connectivity index is 1.80. The summed E-state index contributed by atoms with van der Waals surface area (Å²) in [5.41, 5.74) is 2.79.